The van der Waals surface area contributed by atoms with E-state index in [4.69, 9.17) is 4.84 Å². The van der Waals surface area contributed by atoms with Crippen molar-refractivity contribution in [3.8, 4) is 34.8 Å². The zero-order chi connectivity index (χ0) is 22.5. The molecule has 0 aromatic carbocycles. The number of aromatic nitrogens is 7. The maximum atomic E-state index is 12.0. The fraction of sp³-hybridized carbons (Fsp3) is 0.0526. The van der Waals surface area contributed by atoms with Gasteiger partial charge >= 0.3 is 5.97 Å². The highest BCUT2D eigenvalue weighted by atomic mass is 16.7. The number of nitrogens with one attached hydrogen (secondary N) is 1. The second-order valence-corrected chi connectivity index (χ2v) is 6.23. The van der Waals surface area contributed by atoms with Crippen molar-refractivity contribution in [3.63, 3.8) is 0 Å². The Morgan fingerprint density at radius 3 is 2.09 bits per heavy atom. The van der Waals surface area contributed by atoms with Crippen molar-refractivity contribution >= 4 is 17.6 Å². The third kappa shape index (κ3) is 4.62. The highest BCUT2D eigenvalue weighted by molar-refractivity contribution is 6.01. The van der Waals surface area contributed by atoms with Crippen molar-refractivity contribution in [2.45, 2.75) is 6.42 Å². The molecule has 0 unspecified atom stereocenters. The van der Waals surface area contributed by atoms with Crippen molar-refractivity contribution in [1.82, 2.24) is 35.1 Å². The van der Waals surface area contributed by atoms with E-state index in [0.717, 1.165) is 12.1 Å². The molecule has 0 saturated carbocycles. The van der Waals surface area contributed by atoms with Gasteiger partial charge in [0.2, 0.25) is 29.3 Å². The molecule has 0 aliphatic heterocycles. The largest absolute Gasteiger partial charge is 0.492 e. The molecule has 0 radical (unpaired) electrons. The van der Waals surface area contributed by atoms with Gasteiger partial charge in [0.05, 0.1) is 11.9 Å². The monoisotopic (exact) mass is 434 g/mol. The van der Waals surface area contributed by atoms with E-state index in [2.05, 4.69) is 35.7 Å². The Morgan fingerprint density at radius 2 is 1.53 bits per heavy atom. The predicted octanol–water partition coefficient (Wildman–Crippen LogP) is 0.587. The first-order valence-corrected chi connectivity index (χ1v) is 9.05. The minimum absolute atomic E-state index is 0.178. The molecule has 4 aromatic rings. The Bertz CT molecular complexity index is 1220. The van der Waals surface area contributed by atoms with Crippen LogP contribution in [-0.4, -0.2) is 57.2 Å². The zero-order valence-corrected chi connectivity index (χ0v) is 16.2. The van der Waals surface area contributed by atoms with Crippen LogP contribution in [0, 0.1) is 0 Å². The fourth-order valence-corrected chi connectivity index (χ4v) is 2.50. The predicted molar refractivity (Wildman–Crippen MR) is 107 cm³/mol. The molecule has 0 atom stereocenters. The zero-order valence-electron chi connectivity index (χ0n) is 16.2. The number of rotatable bonds is 6. The molecule has 0 aliphatic rings. The molecule has 1 amide bonds. The van der Waals surface area contributed by atoms with Crippen LogP contribution in [0.5, 0.6) is 11.8 Å². The maximum absolute atomic E-state index is 12.0. The molecule has 0 spiro atoms. The van der Waals surface area contributed by atoms with Crippen molar-refractivity contribution < 1.29 is 24.6 Å². The summed E-state index contributed by atoms with van der Waals surface area (Å²) in [7, 11) is 0. The van der Waals surface area contributed by atoms with Gasteiger partial charge < -0.3 is 20.4 Å². The van der Waals surface area contributed by atoms with Crippen LogP contribution in [0.2, 0.25) is 0 Å². The summed E-state index contributed by atoms with van der Waals surface area (Å²) < 4.78 is 0.493. The lowest BCUT2D eigenvalue weighted by molar-refractivity contribution is -0.147. The summed E-state index contributed by atoms with van der Waals surface area (Å²) in [5.41, 5.74) is 1.21. The molecule has 13 nitrogen and oxygen atoms in total. The Morgan fingerprint density at radius 1 is 0.875 bits per heavy atom. The number of nitrogens with zero attached hydrogens (tertiary/aromatic N) is 7. The Balaban J connectivity index is 1.35. The molecule has 3 N–H and O–H groups in total. The van der Waals surface area contributed by atoms with E-state index in [1.807, 2.05) is 0 Å². The van der Waals surface area contributed by atoms with E-state index < -0.39 is 30.1 Å². The van der Waals surface area contributed by atoms with Crippen LogP contribution in [0.3, 0.4) is 0 Å². The molecule has 4 aromatic heterocycles. The molecule has 4 rings (SSSR count). The SMILES string of the molecule is O=C(CC(=O)On1c(O)ccc1O)Nc1ccc(-c2nnc(-c3ccccn3)nn2)nc1. The summed E-state index contributed by atoms with van der Waals surface area (Å²) in [6.45, 7) is 0. The summed E-state index contributed by atoms with van der Waals surface area (Å²) in [6, 6.07) is 10.6. The third-order valence-electron chi connectivity index (χ3n) is 3.94. The average Bonchev–Trinajstić information content (AvgIpc) is 3.12. The van der Waals surface area contributed by atoms with E-state index >= 15 is 0 Å². The van der Waals surface area contributed by atoms with Gasteiger partial charge in [-0.3, -0.25) is 14.8 Å². The van der Waals surface area contributed by atoms with Crippen LogP contribution in [0.15, 0.2) is 54.9 Å². The van der Waals surface area contributed by atoms with Crippen LogP contribution in [0.4, 0.5) is 5.69 Å². The molecular formula is C19H14N8O5. The van der Waals surface area contributed by atoms with Crippen LogP contribution >= 0.6 is 0 Å². The second kappa shape index (κ2) is 8.83. The first kappa shape index (κ1) is 20.3. The van der Waals surface area contributed by atoms with Gasteiger partial charge in [-0.25, -0.2) is 4.79 Å². The number of amides is 1. The van der Waals surface area contributed by atoms with Gasteiger partial charge in [0.25, 0.3) is 0 Å². The molecule has 0 saturated heterocycles. The van der Waals surface area contributed by atoms with Gasteiger partial charge in [-0.15, -0.1) is 25.1 Å². The highest BCUT2D eigenvalue weighted by Gasteiger charge is 2.16. The number of hydrogen-bond acceptors (Lipinski definition) is 11. The standard InChI is InChI=1S/C19H14N8O5/c28-14(9-17(31)32-27-15(29)6-7-16(27)30)22-11-4-5-13(21-10-11)19-25-23-18(24-26-19)12-3-1-2-8-20-12/h1-8,10,29-30H,9H2,(H,22,28). The third-order valence-corrected chi connectivity index (χ3v) is 3.94. The van der Waals surface area contributed by atoms with E-state index in [1.165, 1.54) is 12.3 Å². The van der Waals surface area contributed by atoms with Crippen molar-refractivity contribution in [2.24, 2.45) is 0 Å². The summed E-state index contributed by atoms with van der Waals surface area (Å²) in [5.74, 6) is -2.21. The minimum Gasteiger partial charge on any atom is -0.492 e. The van der Waals surface area contributed by atoms with Crippen LogP contribution < -0.4 is 10.2 Å². The van der Waals surface area contributed by atoms with Gasteiger partial charge in [0.1, 0.15) is 17.8 Å². The Kier molecular flexibility index (Phi) is 5.61. The van der Waals surface area contributed by atoms with Gasteiger partial charge in [-0.05, 0) is 24.3 Å². The van der Waals surface area contributed by atoms with Gasteiger partial charge in [-0.1, -0.05) is 6.07 Å². The van der Waals surface area contributed by atoms with Crippen LogP contribution in [0.25, 0.3) is 23.0 Å². The Hall–Kier alpha value is -4.94. The minimum atomic E-state index is -0.993. The molecular weight excluding hydrogens is 420 g/mol. The first-order valence-electron chi connectivity index (χ1n) is 9.05. The highest BCUT2D eigenvalue weighted by Crippen LogP contribution is 2.19. The molecule has 160 valence electrons. The quantitative estimate of drug-likeness (QED) is 0.362. The number of carbonyl (C=O) groups is 2. The Labute approximate surface area is 179 Å². The summed E-state index contributed by atoms with van der Waals surface area (Å²) in [4.78, 5) is 36.8. The normalized spacial score (nSPS) is 10.5. The van der Waals surface area contributed by atoms with Crippen molar-refractivity contribution in [1.29, 1.82) is 0 Å². The topological polar surface area (TPSA) is 178 Å². The van der Waals surface area contributed by atoms with Crippen molar-refractivity contribution in [3.05, 3.63) is 54.9 Å². The molecule has 0 fully saturated rings. The lowest BCUT2D eigenvalue weighted by Crippen LogP contribution is -2.24. The van der Waals surface area contributed by atoms with Gasteiger partial charge in [0.15, 0.2) is 0 Å². The summed E-state index contributed by atoms with van der Waals surface area (Å²) in [5, 5.41) is 37.3. The van der Waals surface area contributed by atoms with Gasteiger partial charge in [0, 0.05) is 18.3 Å². The van der Waals surface area contributed by atoms with E-state index in [-0.39, 0.29) is 11.6 Å². The van der Waals surface area contributed by atoms with Crippen LogP contribution in [-0.2, 0) is 9.59 Å². The summed E-state index contributed by atoms with van der Waals surface area (Å²) in [6.07, 6.45) is 2.29. The lowest BCUT2D eigenvalue weighted by atomic mass is 10.3. The van der Waals surface area contributed by atoms with E-state index in [0.29, 0.717) is 21.8 Å². The fourth-order valence-electron chi connectivity index (χ4n) is 2.50. The van der Waals surface area contributed by atoms with Gasteiger partial charge in [-0.2, -0.15) is 0 Å². The van der Waals surface area contributed by atoms with E-state index in [1.54, 1.807) is 30.5 Å². The summed E-state index contributed by atoms with van der Waals surface area (Å²) >= 11 is 0. The number of anilines is 1. The first-order chi connectivity index (χ1) is 15.5. The number of hydrogen-bond donors (Lipinski definition) is 3. The van der Waals surface area contributed by atoms with E-state index in [9.17, 15) is 19.8 Å². The second-order valence-electron chi connectivity index (χ2n) is 6.23. The molecule has 13 heteroatoms. The molecule has 4 heterocycles. The molecule has 0 bridgehead atoms. The van der Waals surface area contributed by atoms with Crippen molar-refractivity contribution in [2.75, 3.05) is 5.32 Å². The van der Waals surface area contributed by atoms with Crippen LogP contribution in [0.1, 0.15) is 6.42 Å². The number of aromatic hydroxyl groups is 2. The number of carbonyl (C=O) groups excluding carboxylic acids is 2. The molecule has 32 heavy (non-hydrogen) atoms. The smallest absolute Gasteiger partial charge is 0.342 e. The lowest BCUT2D eigenvalue weighted by Gasteiger charge is -2.07. The molecule has 0 aliphatic carbocycles. The maximum Gasteiger partial charge on any atom is 0.342 e. The average molecular weight is 434 g/mol. The number of pyridine rings is 2.